The van der Waals surface area contributed by atoms with E-state index in [0.29, 0.717) is 25.7 Å². The van der Waals surface area contributed by atoms with Gasteiger partial charge in [0.1, 0.15) is 6.10 Å². The molecule has 0 bridgehead atoms. The lowest BCUT2D eigenvalue weighted by Gasteiger charge is -2.34. The lowest BCUT2D eigenvalue weighted by molar-refractivity contribution is -0.00805. The van der Waals surface area contributed by atoms with Gasteiger partial charge in [0.25, 0.3) is 0 Å². The highest BCUT2D eigenvalue weighted by Crippen LogP contribution is 2.24. The first-order valence-corrected chi connectivity index (χ1v) is 11.7. The van der Waals surface area contributed by atoms with Gasteiger partial charge >= 0.3 is 0 Å². The van der Waals surface area contributed by atoms with Crippen LogP contribution in [0.15, 0.2) is 41.7 Å². The number of halogens is 1. The zero-order valence-corrected chi connectivity index (χ0v) is 22.0. The number of morpholine rings is 1. The first-order valence-electron chi connectivity index (χ1n) is 11.7. The molecule has 9 heteroatoms. The topological polar surface area (TPSA) is 78.2 Å². The molecule has 0 radical (unpaired) electrons. The monoisotopic (exact) mass is 568 g/mol. The van der Waals surface area contributed by atoms with Gasteiger partial charge in [-0.1, -0.05) is 12.1 Å². The molecule has 0 spiro atoms. The molecule has 8 nitrogen and oxygen atoms in total. The molecule has 2 N–H and O–H groups in total. The minimum absolute atomic E-state index is 0. The highest BCUT2D eigenvalue weighted by molar-refractivity contribution is 14.0. The second-order valence-corrected chi connectivity index (χ2v) is 8.70. The molecular weight excluding hydrogens is 531 g/mol. The third-order valence-electron chi connectivity index (χ3n) is 6.38. The summed E-state index contributed by atoms with van der Waals surface area (Å²) in [5, 5.41) is 17.1. The summed E-state index contributed by atoms with van der Waals surface area (Å²) in [6.45, 7) is 8.18. The second-order valence-electron chi connectivity index (χ2n) is 8.70. The Morgan fingerprint density at radius 1 is 1.21 bits per heavy atom. The number of nitrogens with one attached hydrogen (secondary N) is 1. The second kappa shape index (κ2) is 12.6. The predicted octanol–water partition coefficient (Wildman–Crippen LogP) is 2.79. The van der Waals surface area contributed by atoms with Crippen LogP contribution < -0.4 is 10.2 Å². The summed E-state index contributed by atoms with van der Waals surface area (Å²) in [6, 6.07) is 8.75. The van der Waals surface area contributed by atoms with Crippen LogP contribution in [0, 0.1) is 5.92 Å². The molecule has 0 aliphatic carbocycles. The molecule has 0 amide bonds. The van der Waals surface area contributed by atoms with Crippen molar-refractivity contribution < 1.29 is 9.84 Å². The number of aliphatic hydroxyl groups excluding tert-OH is 1. The lowest BCUT2D eigenvalue weighted by atomic mass is 9.97. The van der Waals surface area contributed by atoms with E-state index in [4.69, 9.17) is 9.73 Å². The molecule has 1 unspecified atom stereocenters. The van der Waals surface area contributed by atoms with Gasteiger partial charge in [0.2, 0.25) is 0 Å². The molecule has 2 aromatic rings. The lowest BCUT2D eigenvalue weighted by Crippen LogP contribution is -2.48. The first kappa shape index (κ1) is 25.8. The molecule has 1 aromatic carbocycles. The summed E-state index contributed by atoms with van der Waals surface area (Å²) in [7, 11) is 1.93. The standard InChI is InChI=1S/C24H36N6O2.HI/c1-3-25-24(30-12-13-32-23(17-30)21-15-27-28(2)16-21)26-14-19-4-6-22(7-5-19)29-10-8-20(18-31)9-11-29;/h4-7,15-16,20,23,31H,3,8-14,17-18H2,1-2H3,(H,25,26);1H. The van der Waals surface area contributed by atoms with Crippen LogP contribution in [0.1, 0.15) is 37.0 Å². The summed E-state index contributed by atoms with van der Waals surface area (Å²) in [5.41, 5.74) is 3.56. The number of piperidine rings is 1. The Balaban J connectivity index is 0.00000306. The summed E-state index contributed by atoms with van der Waals surface area (Å²) >= 11 is 0. The predicted molar refractivity (Wildman–Crippen MR) is 142 cm³/mol. The van der Waals surface area contributed by atoms with Crippen molar-refractivity contribution in [3.05, 3.63) is 47.8 Å². The molecule has 2 aliphatic rings. The minimum Gasteiger partial charge on any atom is -0.396 e. The Hall–Kier alpha value is -1.85. The Morgan fingerprint density at radius 2 is 1.97 bits per heavy atom. The van der Waals surface area contributed by atoms with Gasteiger partial charge < -0.3 is 25.0 Å². The zero-order valence-electron chi connectivity index (χ0n) is 19.7. The highest BCUT2D eigenvalue weighted by Gasteiger charge is 2.25. The van der Waals surface area contributed by atoms with Crippen molar-refractivity contribution in [3.8, 4) is 0 Å². The van der Waals surface area contributed by atoms with Gasteiger partial charge in [-0.3, -0.25) is 4.68 Å². The van der Waals surface area contributed by atoms with E-state index in [1.54, 1.807) is 0 Å². The fourth-order valence-corrected chi connectivity index (χ4v) is 4.43. The largest absolute Gasteiger partial charge is 0.396 e. The Morgan fingerprint density at radius 3 is 2.61 bits per heavy atom. The number of nitrogens with zero attached hydrogens (tertiary/aromatic N) is 5. The summed E-state index contributed by atoms with van der Waals surface area (Å²) < 4.78 is 7.80. The van der Waals surface area contributed by atoms with E-state index in [1.807, 2.05) is 24.1 Å². The van der Waals surface area contributed by atoms with Gasteiger partial charge in [0.05, 0.1) is 25.9 Å². The molecule has 2 saturated heterocycles. The zero-order chi connectivity index (χ0) is 22.3. The molecule has 182 valence electrons. The SMILES string of the molecule is CCNC(=NCc1ccc(N2CCC(CO)CC2)cc1)N1CCOC(c2cnn(C)c2)C1.I. The number of aryl methyl sites for hydroxylation is 1. The maximum atomic E-state index is 9.34. The quantitative estimate of drug-likeness (QED) is 0.317. The van der Waals surface area contributed by atoms with Gasteiger partial charge in [-0.25, -0.2) is 4.99 Å². The van der Waals surface area contributed by atoms with E-state index in [1.165, 1.54) is 11.3 Å². The van der Waals surface area contributed by atoms with Crippen molar-refractivity contribution in [2.24, 2.45) is 18.0 Å². The molecule has 1 atom stereocenters. The van der Waals surface area contributed by atoms with E-state index in [2.05, 4.69) is 51.4 Å². The van der Waals surface area contributed by atoms with Crippen LogP contribution in [-0.2, 0) is 18.3 Å². The van der Waals surface area contributed by atoms with Gasteiger partial charge in [0, 0.05) is 57.3 Å². The number of ether oxygens (including phenoxy) is 1. The third kappa shape index (κ3) is 6.83. The van der Waals surface area contributed by atoms with Crippen LogP contribution in [0.3, 0.4) is 0 Å². The maximum Gasteiger partial charge on any atom is 0.194 e. The Bertz CT molecular complexity index is 879. The van der Waals surface area contributed by atoms with Gasteiger partial charge in [-0.15, -0.1) is 24.0 Å². The molecule has 33 heavy (non-hydrogen) atoms. The van der Waals surface area contributed by atoms with Crippen molar-refractivity contribution in [1.82, 2.24) is 20.0 Å². The summed E-state index contributed by atoms with van der Waals surface area (Å²) in [6.07, 6.45) is 6.04. The molecule has 3 heterocycles. The summed E-state index contributed by atoms with van der Waals surface area (Å²) in [5.74, 6) is 1.39. The van der Waals surface area contributed by atoms with Crippen molar-refractivity contribution in [3.63, 3.8) is 0 Å². The number of hydrogen-bond donors (Lipinski definition) is 2. The van der Waals surface area contributed by atoms with Crippen molar-refractivity contribution in [2.75, 3.05) is 50.8 Å². The number of aliphatic hydroxyl groups is 1. The average Bonchev–Trinajstić information content (AvgIpc) is 3.28. The fraction of sp³-hybridized carbons (Fsp3) is 0.583. The van der Waals surface area contributed by atoms with Crippen LogP contribution in [0.5, 0.6) is 0 Å². The number of guanidine groups is 1. The smallest absolute Gasteiger partial charge is 0.194 e. The van der Waals surface area contributed by atoms with Crippen LogP contribution in [-0.4, -0.2) is 71.7 Å². The molecule has 2 fully saturated rings. The van der Waals surface area contributed by atoms with Crippen LogP contribution >= 0.6 is 24.0 Å². The van der Waals surface area contributed by atoms with Crippen molar-refractivity contribution in [1.29, 1.82) is 0 Å². The number of rotatable bonds is 6. The summed E-state index contributed by atoms with van der Waals surface area (Å²) in [4.78, 5) is 9.61. The molecule has 1 aromatic heterocycles. The molecule has 4 rings (SSSR count). The Labute approximate surface area is 214 Å². The van der Waals surface area contributed by atoms with E-state index in [9.17, 15) is 5.11 Å². The Kier molecular flexibility index (Phi) is 9.81. The maximum absolute atomic E-state index is 9.34. The van der Waals surface area contributed by atoms with E-state index in [-0.39, 0.29) is 30.1 Å². The molecule has 2 aliphatic heterocycles. The van der Waals surface area contributed by atoms with Crippen LogP contribution in [0.2, 0.25) is 0 Å². The number of hydrogen-bond acceptors (Lipinski definition) is 5. The van der Waals surface area contributed by atoms with Crippen molar-refractivity contribution >= 4 is 35.6 Å². The van der Waals surface area contributed by atoms with Crippen LogP contribution in [0.25, 0.3) is 0 Å². The van der Waals surface area contributed by atoms with Gasteiger partial charge in [-0.2, -0.15) is 5.10 Å². The number of aliphatic imine (C=N–C) groups is 1. The minimum atomic E-state index is 0. The van der Waals surface area contributed by atoms with Gasteiger partial charge in [-0.05, 0) is 43.4 Å². The van der Waals surface area contributed by atoms with Crippen LogP contribution in [0.4, 0.5) is 5.69 Å². The average molecular weight is 569 g/mol. The molecule has 0 saturated carbocycles. The highest BCUT2D eigenvalue weighted by atomic mass is 127. The first-order chi connectivity index (χ1) is 15.7. The van der Waals surface area contributed by atoms with E-state index in [0.717, 1.165) is 57.1 Å². The third-order valence-corrected chi connectivity index (χ3v) is 6.38. The van der Waals surface area contributed by atoms with E-state index < -0.39 is 0 Å². The number of aromatic nitrogens is 2. The van der Waals surface area contributed by atoms with Crippen molar-refractivity contribution in [2.45, 2.75) is 32.4 Å². The number of benzene rings is 1. The number of anilines is 1. The molecular formula is C24H37IN6O2. The van der Waals surface area contributed by atoms with Gasteiger partial charge in [0.15, 0.2) is 5.96 Å². The van der Waals surface area contributed by atoms with E-state index >= 15 is 0 Å². The normalized spacial score (nSPS) is 20.0. The fourth-order valence-electron chi connectivity index (χ4n) is 4.43.